The van der Waals surface area contributed by atoms with Crippen molar-refractivity contribution < 1.29 is 19.1 Å². The van der Waals surface area contributed by atoms with E-state index in [9.17, 15) is 9.59 Å². The van der Waals surface area contributed by atoms with Gasteiger partial charge in [-0.1, -0.05) is 18.2 Å². The van der Waals surface area contributed by atoms with Crippen LogP contribution in [0, 0.1) is 0 Å². The van der Waals surface area contributed by atoms with Crippen molar-refractivity contribution in [2.45, 2.75) is 13.0 Å². The largest absolute Gasteiger partial charge is 0.497 e. The summed E-state index contributed by atoms with van der Waals surface area (Å²) in [6, 6.07) is 14.8. The van der Waals surface area contributed by atoms with Gasteiger partial charge in [0, 0.05) is 38.3 Å². The lowest BCUT2D eigenvalue weighted by Gasteiger charge is -2.22. The van der Waals surface area contributed by atoms with Crippen LogP contribution in [0.25, 0.3) is 0 Å². The second-order valence-electron chi connectivity index (χ2n) is 6.84. The Balaban J connectivity index is 1.58. The van der Waals surface area contributed by atoms with Crippen molar-refractivity contribution in [3.05, 3.63) is 65.2 Å². The highest BCUT2D eigenvalue weighted by Crippen LogP contribution is 2.16. The second-order valence-corrected chi connectivity index (χ2v) is 6.84. The Hall–Kier alpha value is -2.86. The first-order valence-electron chi connectivity index (χ1n) is 9.43. The van der Waals surface area contributed by atoms with E-state index in [1.54, 1.807) is 25.3 Å². The van der Waals surface area contributed by atoms with E-state index in [4.69, 9.17) is 9.47 Å². The van der Waals surface area contributed by atoms with Gasteiger partial charge in [-0.2, -0.15) is 0 Å². The minimum Gasteiger partial charge on any atom is -0.497 e. The molecular weight excluding hydrogens is 356 g/mol. The van der Waals surface area contributed by atoms with Crippen molar-refractivity contribution in [2.24, 2.45) is 0 Å². The average molecular weight is 382 g/mol. The zero-order valence-corrected chi connectivity index (χ0v) is 16.4. The van der Waals surface area contributed by atoms with Crippen molar-refractivity contribution in [3.8, 4) is 5.75 Å². The number of nitrogens with zero attached hydrogens (tertiary/aromatic N) is 2. The van der Waals surface area contributed by atoms with Gasteiger partial charge in [0.15, 0.2) is 0 Å². The van der Waals surface area contributed by atoms with E-state index >= 15 is 0 Å². The van der Waals surface area contributed by atoms with Gasteiger partial charge in [0.1, 0.15) is 5.75 Å². The molecule has 1 saturated heterocycles. The first-order valence-corrected chi connectivity index (χ1v) is 9.43. The van der Waals surface area contributed by atoms with Crippen LogP contribution >= 0.6 is 0 Å². The van der Waals surface area contributed by atoms with Gasteiger partial charge in [-0.15, -0.1) is 0 Å². The molecule has 1 aliphatic heterocycles. The topological polar surface area (TPSA) is 59.1 Å². The number of benzene rings is 2. The molecule has 148 valence electrons. The van der Waals surface area contributed by atoms with E-state index in [-0.39, 0.29) is 11.9 Å². The number of carbonyl (C=O) groups excluding carboxylic acids is 2. The van der Waals surface area contributed by atoms with Crippen molar-refractivity contribution in [1.82, 2.24) is 9.80 Å². The van der Waals surface area contributed by atoms with Crippen LogP contribution in [-0.2, 0) is 11.3 Å². The molecule has 0 radical (unpaired) electrons. The Bertz CT molecular complexity index is 820. The Morgan fingerprint density at radius 2 is 1.71 bits per heavy atom. The number of ether oxygens (including phenoxy) is 2. The summed E-state index contributed by atoms with van der Waals surface area (Å²) < 4.78 is 9.96. The second kappa shape index (κ2) is 9.37. The third kappa shape index (κ3) is 4.89. The molecule has 28 heavy (non-hydrogen) atoms. The van der Waals surface area contributed by atoms with Gasteiger partial charge in [-0.25, -0.2) is 4.79 Å². The van der Waals surface area contributed by atoms with E-state index < -0.39 is 0 Å². The predicted molar refractivity (Wildman–Crippen MR) is 107 cm³/mol. The Morgan fingerprint density at radius 1 is 0.929 bits per heavy atom. The number of amides is 1. The molecule has 0 unspecified atom stereocenters. The van der Waals surface area contributed by atoms with Gasteiger partial charge in [0.25, 0.3) is 5.91 Å². The Morgan fingerprint density at radius 3 is 2.43 bits per heavy atom. The molecule has 1 aliphatic rings. The van der Waals surface area contributed by atoms with E-state index in [0.29, 0.717) is 23.4 Å². The molecule has 0 atom stereocenters. The summed E-state index contributed by atoms with van der Waals surface area (Å²) in [5, 5.41) is 0. The standard InChI is InChI=1S/C22H26N2O4/c1-27-20-6-3-5-19(15-20)21(25)24-12-4-11-23(13-14-24)16-17-7-9-18(10-8-17)22(26)28-2/h3,5-10,15H,4,11-14,16H2,1-2H3. The van der Waals surface area contributed by atoms with Gasteiger partial charge < -0.3 is 14.4 Å². The van der Waals surface area contributed by atoms with Gasteiger partial charge >= 0.3 is 5.97 Å². The summed E-state index contributed by atoms with van der Waals surface area (Å²) in [6.07, 6.45) is 0.927. The lowest BCUT2D eigenvalue weighted by molar-refractivity contribution is 0.0600. The van der Waals surface area contributed by atoms with Crippen LogP contribution < -0.4 is 4.74 Å². The molecule has 6 heteroatoms. The van der Waals surface area contributed by atoms with E-state index in [0.717, 1.165) is 38.2 Å². The van der Waals surface area contributed by atoms with Crippen LogP contribution in [0.2, 0.25) is 0 Å². The number of carbonyl (C=O) groups is 2. The third-order valence-corrected chi connectivity index (χ3v) is 4.97. The third-order valence-electron chi connectivity index (χ3n) is 4.97. The molecule has 2 aromatic carbocycles. The summed E-state index contributed by atoms with van der Waals surface area (Å²) >= 11 is 0. The minimum absolute atomic E-state index is 0.0446. The molecule has 1 heterocycles. The van der Waals surface area contributed by atoms with Gasteiger partial charge in [0.2, 0.25) is 0 Å². The quantitative estimate of drug-likeness (QED) is 0.745. The predicted octanol–water partition coefficient (Wildman–Crippen LogP) is 2.83. The normalized spacial score (nSPS) is 15.0. The maximum absolute atomic E-state index is 12.8. The zero-order chi connectivity index (χ0) is 19.9. The maximum Gasteiger partial charge on any atom is 0.337 e. The molecule has 6 nitrogen and oxygen atoms in total. The molecule has 0 saturated carbocycles. The zero-order valence-electron chi connectivity index (χ0n) is 16.4. The first-order chi connectivity index (χ1) is 13.6. The monoisotopic (exact) mass is 382 g/mol. The lowest BCUT2D eigenvalue weighted by atomic mass is 10.1. The molecular formula is C22H26N2O4. The van der Waals surface area contributed by atoms with Crippen molar-refractivity contribution in [2.75, 3.05) is 40.4 Å². The molecule has 0 aromatic heterocycles. The van der Waals surface area contributed by atoms with Crippen LogP contribution in [0.4, 0.5) is 0 Å². The van der Waals surface area contributed by atoms with Crippen LogP contribution in [0.5, 0.6) is 5.75 Å². The molecule has 0 aliphatic carbocycles. The van der Waals surface area contributed by atoms with E-state index in [2.05, 4.69) is 4.90 Å². The van der Waals surface area contributed by atoms with Crippen molar-refractivity contribution in [1.29, 1.82) is 0 Å². The number of methoxy groups -OCH3 is 2. The molecule has 1 fully saturated rings. The highest BCUT2D eigenvalue weighted by molar-refractivity contribution is 5.94. The Labute approximate surface area is 165 Å². The van der Waals surface area contributed by atoms with Crippen LogP contribution in [0.15, 0.2) is 48.5 Å². The molecule has 2 aromatic rings. The first kappa shape index (κ1) is 19.9. The molecule has 1 amide bonds. The fourth-order valence-electron chi connectivity index (χ4n) is 3.39. The summed E-state index contributed by atoms with van der Waals surface area (Å²) in [5.74, 6) is 0.411. The van der Waals surface area contributed by atoms with Gasteiger partial charge in [-0.3, -0.25) is 9.69 Å². The summed E-state index contributed by atoms with van der Waals surface area (Å²) in [6.45, 7) is 3.97. The number of hydrogen-bond donors (Lipinski definition) is 0. The van der Waals surface area contributed by atoms with Gasteiger partial charge in [0.05, 0.1) is 19.8 Å². The van der Waals surface area contributed by atoms with Crippen LogP contribution in [0.3, 0.4) is 0 Å². The summed E-state index contributed by atoms with van der Waals surface area (Å²) in [5.41, 5.74) is 2.35. The molecule has 0 bridgehead atoms. The molecule has 0 spiro atoms. The summed E-state index contributed by atoms with van der Waals surface area (Å²) in [4.78, 5) is 28.6. The smallest absolute Gasteiger partial charge is 0.337 e. The van der Waals surface area contributed by atoms with E-state index in [1.807, 2.05) is 35.2 Å². The highest BCUT2D eigenvalue weighted by atomic mass is 16.5. The van der Waals surface area contributed by atoms with Gasteiger partial charge in [-0.05, 0) is 42.3 Å². The molecule has 3 rings (SSSR count). The number of rotatable bonds is 5. The van der Waals surface area contributed by atoms with Crippen molar-refractivity contribution in [3.63, 3.8) is 0 Å². The maximum atomic E-state index is 12.8. The fourth-order valence-corrected chi connectivity index (χ4v) is 3.39. The average Bonchev–Trinajstić information content (AvgIpc) is 2.98. The van der Waals surface area contributed by atoms with Crippen molar-refractivity contribution >= 4 is 11.9 Å². The number of esters is 1. The summed E-state index contributed by atoms with van der Waals surface area (Å²) in [7, 11) is 2.98. The lowest BCUT2D eigenvalue weighted by Crippen LogP contribution is -2.35. The van der Waals surface area contributed by atoms with Crippen LogP contribution in [0.1, 0.15) is 32.7 Å². The highest BCUT2D eigenvalue weighted by Gasteiger charge is 2.20. The minimum atomic E-state index is -0.326. The Kier molecular flexibility index (Phi) is 6.66. The van der Waals surface area contributed by atoms with Crippen LogP contribution in [-0.4, -0.2) is 62.1 Å². The molecule has 0 N–H and O–H groups in total. The van der Waals surface area contributed by atoms with E-state index in [1.165, 1.54) is 7.11 Å². The number of hydrogen-bond acceptors (Lipinski definition) is 5. The fraction of sp³-hybridized carbons (Fsp3) is 0.364. The SMILES string of the molecule is COC(=O)c1ccc(CN2CCCN(C(=O)c3cccc(OC)c3)CC2)cc1.